The van der Waals surface area contributed by atoms with Crippen molar-refractivity contribution in [2.75, 3.05) is 39.9 Å². The number of hydrogen-bond donors (Lipinski definition) is 3. The third-order valence-electron chi connectivity index (χ3n) is 2.51. The molecule has 5 heteroatoms. The summed E-state index contributed by atoms with van der Waals surface area (Å²) in [6, 6.07) is 0. The van der Waals surface area contributed by atoms with Crippen molar-refractivity contribution in [3.63, 3.8) is 0 Å². The van der Waals surface area contributed by atoms with E-state index in [9.17, 15) is 4.79 Å². The zero-order valence-electron chi connectivity index (χ0n) is 10.5. The van der Waals surface area contributed by atoms with Crippen LogP contribution < -0.4 is 5.32 Å². The van der Waals surface area contributed by atoms with E-state index in [1.54, 1.807) is 0 Å². The van der Waals surface area contributed by atoms with Crippen LogP contribution in [-0.2, 0) is 4.79 Å². The molecule has 0 spiro atoms. The molecule has 0 heterocycles. The molecule has 0 aromatic heterocycles. The van der Waals surface area contributed by atoms with Crippen molar-refractivity contribution in [1.82, 2.24) is 10.2 Å². The number of nitrogens with one attached hydrogen (secondary N) is 1. The highest BCUT2D eigenvalue weighted by atomic mass is 16.3. The number of aliphatic hydroxyl groups is 2. The Morgan fingerprint density at radius 1 is 1.38 bits per heavy atom. The van der Waals surface area contributed by atoms with E-state index in [0.29, 0.717) is 26.1 Å². The number of hydrogen-bond acceptors (Lipinski definition) is 4. The Morgan fingerprint density at radius 2 is 1.94 bits per heavy atom. The second-order valence-corrected chi connectivity index (χ2v) is 4.57. The van der Waals surface area contributed by atoms with Crippen molar-refractivity contribution >= 4 is 5.91 Å². The fourth-order valence-corrected chi connectivity index (χ4v) is 1.46. The molecule has 0 bridgehead atoms. The lowest BCUT2D eigenvalue weighted by molar-refractivity contribution is -0.121. The van der Waals surface area contributed by atoms with Gasteiger partial charge in [-0.3, -0.25) is 4.79 Å². The number of aliphatic hydroxyl groups excluding tert-OH is 2. The molecule has 0 aromatic carbocycles. The molecule has 0 aliphatic carbocycles. The Balaban J connectivity index is 3.89. The zero-order valence-corrected chi connectivity index (χ0v) is 10.5. The van der Waals surface area contributed by atoms with Crippen LogP contribution in [0.4, 0.5) is 0 Å². The molecule has 0 unspecified atom stereocenters. The van der Waals surface area contributed by atoms with Crippen LogP contribution in [0.15, 0.2) is 0 Å². The van der Waals surface area contributed by atoms with Crippen LogP contribution in [0.5, 0.6) is 0 Å². The van der Waals surface area contributed by atoms with Gasteiger partial charge in [-0.1, -0.05) is 6.92 Å². The lowest BCUT2D eigenvalue weighted by Crippen LogP contribution is -2.40. The van der Waals surface area contributed by atoms with E-state index in [1.807, 2.05) is 25.8 Å². The maximum Gasteiger partial charge on any atom is 0.221 e. The zero-order chi connectivity index (χ0) is 12.6. The van der Waals surface area contributed by atoms with E-state index < -0.39 is 5.41 Å². The molecule has 0 aliphatic heterocycles. The maximum atomic E-state index is 11.2. The number of carbonyl (C=O) groups is 1. The van der Waals surface area contributed by atoms with Crippen LogP contribution in [0.3, 0.4) is 0 Å². The van der Waals surface area contributed by atoms with Crippen LogP contribution >= 0.6 is 0 Å². The van der Waals surface area contributed by atoms with Crippen molar-refractivity contribution in [3.05, 3.63) is 0 Å². The third kappa shape index (κ3) is 6.05. The smallest absolute Gasteiger partial charge is 0.221 e. The van der Waals surface area contributed by atoms with E-state index in [4.69, 9.17) is 10.2 Å². The summed E-state index contributed by atoms with van der Waals surface area (Å²) in [6.45, 7) is 5.42. The van der Waals surface area contributed by atoms with Gasteiger partial charge >= 0.3 is 0 Å². The number of nitrogens with zero attached hydrogens (tertiary/aromatic N) is 1. The average molecular weight is 232 g/mol. The van der Waals surface area contributed by atoms with Gasteiger partial charge in [0, 0.05) is 31.5 Å². The van der Waals surface area contributed by atoms with Gasteiger partial charge < -0.3 is 20.4 Å². The van der Waals surface area contributed by atoms with Gasteiger partial charge in [0.15, 0.2) is 0 Å². The topological polar surface area (TPSA) is 72.8 Å². The van der Waals surface area contributed by atoms with E-state index >= 15 is 0 Å². The van der Waals surface area contributed by atoms with Crippen molar-refractivity contribution in [1.29, 1.82) is 0 Å². The molecular formula is C11H24N2O3. The van der Waals surface area contributed by atoms with Crippen LogP contribution in [0.25, 0.3) is 0 Å². The fourth-order valence-electron chi connectivity index (χ4n) is 1.46. The van der Waals surface area contributed by atoms with Gasteiger partial charge in [0.1, 0.15) is 0 Å². The summed E-state index contributed by atoms with van der Waals surface area (Å²) in [5.41, 5.74) is -0.504. The Kier molecular flexibility index (Phi) is 7.29. The number of carbonyl (C=O) groups excluding carboxylic acids is 1. The first-order chi connectivity index (χ1) is 7.47. The quantitative estimate of drug-likeness (QED) is 0.524. The molecule has 0 rings (SSSR count). The minimum atomic E-state index is -0.504. The molecule has 0 saturated heterocycles. The summed E-state index contributed by atoms with van der Waals surface area (Å²) in [6.07, 6.45) is 0.442. The third-order valence-corrected chi connectivity index (χ3v) is 2.51. The second kappa shape index (κ2) is 7.60. The van der Waals surface area contributed by atoms with Crippen molar-refractivity contribution < 1.29 is 15.0 Å². The molecule has 0 saturated carbocycles. The molecule has 0 aliphatic rings. The van der Waals surface area contributed by atoms with Crippen LogP contribution in [-0.4, -0.2) is 60.9 Å². The highest BCUT2D eigenvalue weighted by Gasteiger charge is 2.24. The molecule has 16 heavy (non-hydrogen) atoms. The minimum absolute atomic E-state index is 0.0315. The molecule has 3 N–H and O–H groups in total. The highest BCUT2D eigenvalue weighted by molar-refractivity contribution is 5.75. The molecule has 1 amide bonds. The minimum Gasteiger partial charge on any atom is -0.396 e. The first-order valence-corrected chi connectivity index (χ1v) is 5.64. The number of amides is 1. The lowest BCUT2D eigenvalue weighted by Gasteiger charge is -2.30. The monoisotopic (exact) mass is 232 g/mol. The van der Waals surface area contributed by atoms with Crippen LogP contribution in [0, 0.1) is 5.41 Å². The van der Waals surface area contributed by atoms with Gasteiger partial charge in [0.25, 0.3) is 0 Å². The predicted molar refractivity (Wildman–Crippen MR) is 63.1 cm³/mol. The van der Waals surface area contributed by atoms with Gasteiger partial charge in [-0.05, 0) is 14.0 Å². The van der Waals surface area contributed by atoms with E-state index in [1.165, 1.54) is 0 Å². The molecule has 0 fully saturated rings. The van der Waals surface area contributed by atoms with Gasteiger partial charge in [-0.15, -0.1) is 0 Å². The summed E-state index contributed by atoms with van der Waals surface area (Å²) >= 11 is 0. The molecule has 0 atom stereocenters. The van der Waals surface area contributed by atoms with Gasteiger partial charge in [0.05, 0.1) is 13.2 Å². The molecular weight excluding hydrogens is 208 g/mol. The molecule has 5 nitrogen and oxygen atoms in total. The summed E-state index contributed by atoms with van der Waals surface area (Å²) in [5, 5.41) is 21.0. The van der Waals surface area contributed by atoms with E-state index in [0.717, 1.165) is 0 Å². The van der Waals surface area contributed by atoms with Crippen molar-refractivity contribution in [2.24, 2.45) is 5.41 Å². The summed E-state index contributed by atoms with van der Waals surface area (Å²) in [7, 11) is 1.88. The molecule has 0 aromatic rings. The average Bonchev–Trinajstić information content (AvgIpc) is 2.26. The Bertz CT molecular complexity index is 205. The van der Waals surface area contributed by atoms with Gasteiger partial charge in [-0.25, -0.2) is 0 Å². The predicted octanol–water partition coefficient (Wildman–Crippen LogP) is -0.565. The Hall–Kier alpha value is -0.650. The normalized spacial score (nSPS) is 11.9. The van der Waals surface area contributed by atoms with Gasteiger partial charge in [0.2, 0.25) is 5.91 Å². The van der Waals surface area contributed by atoms with Crippen LogP contribution in [0.1, 0.15) is 20.3 Å². The van der Waals surface area contributed by atoms with E-state index in [2.05, 4.69) is 5.32 Å². The summed E-state index contributed by atoms with van der Waals surface area (Å²) in [5.74, 6) is 0.0315. The SMILES string of the molecule is CCNC(=O)CCN(C)CC(C)(CO)CO. The molecule has 96 valence electrons. The Labute approximate surface area is 97.4 Å². The molecule has 0 radical (unpaired) electrons. The first-order valence-electron chi connectivity index (χ1n) is 5.64. The number of rotatable bonds is 8. The first kappa shape index (κ1) is 15.3. The van der Waals surface area contributed by atoms with Gasteiger partial charge in [-0.2, -0.15) is 0 Å². The summed E-state index contributed by atoms with van der Waals surface area (Å²) < 4.78 is 0. The van der Waals surface area contributed by atoms with E-state index in [-0.39, 0.29) is 19.1 Å². The van der Waals surface area contributed by atoms with Crippen molar-refractivity contribution in [3.8, 4) is 0 Å². The lowest BCUT2D eigenvalue weighted by atomic mass is 9.92. The summed E-state index contributed by atoms with van der Waals surface area (Å²) in [4.78, 5) is 13.2. The highest BCUT2D eigenvalue weighted by Crippen LogP contribution is 2.15. The standard InChI is InChI=1S/C11H24N2O3/c1-4-12-10(16)5-6-13(3)7-11(2,8-14)9-15/h14-15H,4-9H2,1-3H3,(H,12,16). The second-order valence-electron chi connectivity index (χ2n) is 4.57. The largest absolute Gasteiger partial charge is 0.396 e. The fraction of sp³-hybridized carbons (Fsp3) is 0.909. The van der Waals surface area contributed by atoms with Crippen LogP contribution in [0.2, 0.25) is 0 Å². The maximum absolute atomic E-state index is 11.2. The van der Waals surface area contributed by atoms with Crippen molar-refractivity contribution in [2.45, 2.75) is 20.3 Å². The Morgan fingerprint density at radius 3 is 2.38 bits per heavy atom.